The van der Waals surface area contributed by atoms with Crippen molar-refractivity contribution in [2.45, 2.75) is 13.3 Å². The van der Waals surface area contributed by atoms with E-state index in [1.165, 1.54) is 11.3 Å². The van der Waals surface area contributed by atoms with E-state index in [0.717, 1.165) is 16.0 Å². The van der Waals surface area contributed by atoms with E-state index in [4.69, 9.17) is 27.6 Å². The number of aryl methyl sites for hydroxylation is 1. The van der Waals surface area contributed by atoms with Gasteiger partial charge in [-0.1, -0.05) is 35.3 Å². The van der Waals surface area contributed by atoms with Crippen molar-refractivity contribution in [3.05, 3.63) is 92.6 Å². The third kappa shape index (κ3) is 4.70. The van der Waals surface area contributed by atoms with Crippen LogP contribution in [0.4, 0.5) is 5.13 Å². The minimum atomic E-state index is -0.255. The van der Waals surface area contributed by atoms with Crippen molar-refractivity contribution in [3.8, 4) is 11.3 Å². The van der Waals surface area contributed by atoms with Gasteiger partial charge in [-0.3, -0.25) is 10.1 Å². The Bertz CT molecular complexity index is 1170. The maximum Gasteiger partial charge on any atom is 0.261 e. The second-order valence-electron chi connectivity index (χ2n) is 6.48. The van der Waals surface area contributed by atoms with Gasteiger partial charge in [-0.25, -0.2) is 4.98 Å². The Labute approximate surface area is 182 Å². The molecule has 4 aromatic rings. The van der Waals surface area contributed by atoms with Crippen molar-refractivity contribution >= 4 is 45.6 Å². The Balaban J connectivity index is 1.47. The number of carbonyl (C=O) groups excluding carboxylic acids is 1. The van der Waals surface area contributed by atoms with E-state index in [9.17, 15) is 4.79 Å². The first kappa shape index (κ1) is 19.7. The van der Waals surface area contributed by atoms with Gasteiger partial charge >= 0.3 is 0 Å². The molecule has 0 unspecified atom stereocenters. The van der Waals surface area contributed by atoms with Crippen LogP contribution < -0.4 is 5.32 Å². The summed E-state index contributed by atoms with van der Waals surface area (Å²) in [6, 6.07) is 16.7. The molecule has 0 atom stereocenters. The maximum absolute atomic E-state index is 12.7. The topological polar surface area (TPSA) is 55.1 Å². The predicted molar refractivity (Wildman–Crippen MR) is 118 cm³/mol. The Hall–Kier alpha value is -2.60. The molecule has 2 aromatic carbocycles. The molecule has 2 aromatic heterocycles. The van der Waals surface area contributed by atoms with E-state index >= 15 is 0 Å². The van der Waals surface area contributed by atoms with Gasteiger partial charge in [0, 0.05) is 33.1 Å². The van der Waals surface area contributed by atoms with Gasteiger partial charge in [0.25, 0.3) is 5.91 Å². The first-order chi connectivity index (χ1) is 14.0. The Morgan fingerprint density at radius 3 is 2.66 bits per heavy atom. The van der Waals surface area contributed by atoms with Crippen LogP contribution >= 0.6 is 34.5 Å². The lowest BCUT2D eigenvalue weighted by atomic mass is 10.1. The molecule has 0 aliphatic carbocycles. The molecular weight excluding hydrogens is 427 g/mol. The van der Waals surface area contributed by atoms with Gasteiger partial charge < -0.3 is 4.42 Å². The fourth-order valence-corrected chi connectivity index (χ4v) is 4.10. The maximum atomic E-state index is 12.7. The minimum absolute atomic E-state index is 0.255. The van der Waals surface area contributed by atoms with Crippen LogP contribution in [-0.2, 0) is 6.42 Å². The van der Waals surface area contributed by atoms with Crippen LogP contribution in [0.3, 0.4) is 0 Å². The molecule has 2 heterocycles. The largest absolute Gasteiger partial charge is 0.461 e. The molecule has 7 heteroatoms. The standard InChI is InChI=1S/C22H16Cl2N2O2S/c1-13-19(11-20(28-13)15-5-7-16(23)8-6-15)21(27)26-22-25-12-18(29-22)10-14-3-2-4-17(24)9-14/h2-9,11-12H,10H2,1H3,(H,25,26,27). The number of rotatable bonds is 5. The number of thiazole rings is 1. The van der Waals surface area contributed by atoms with Crippen LogP contribution in [0.15, 0.2) is 65.2 Å². The third-order valence-electron chi connectivity index (χ3n) is 4.33. The number of halogens is 2. The van der Waals surface area contributed by atoms with Crippen LogP contribution in [0.1, 0.15) is 26.6 Å². The lowest BCUT2D eigenvalue weighted by Crippen LogP contribution is -2.11. The molecule has 0 saturated carbocycles. The number of hydrogen-bond acceptors (Lipinski definition) is 4. The van der Waals surface area contributed by atoms with Crippen molar-refractivity contribution in [2.24, 2.45) is 0 Å². The zero-order valence-corrected chi connectivity index (χ0v) is 17.7. The van der Waals surface area contributed by atoms with Crippen molar-refractivity contribution < 1.29 is 9.21 Å². The first-order valence-electron chi connectivity index (χ1n) is 8.85. The van der Waals surface area contributed by atoms with Crippen LogP contribution in [0.25, 0.3) is 11.3 Å². The van der Waals surface area contributed by atoms with Gasteiger partial charge in [0.15, 0.2) is 5.13 Å². The predicted octanol–water partition coefficient (Wildman–Crippen LogP) is 6.86. The molecule has 0 aliphatic rings. The summed E-state index contributed by atoms with van der Waals surface area (Å²) in [6.45, 7) is 1.76. The van der Waals surface area contributed by atoms with Crippen molar-refractivity contribution in [1.82, 2.24) is 4.98 Å². The molecule has 0 bridgehead atoms. The highest BCUT2D eigenvalue weighted by Crippen LogP contribution is 2.28. The average molecular weight is 443 g/mol. The molecular formula is C22H16Cl2N2O2S. The van der Waals surface area contributed by atoms with E-state index in [0.29, 0.717) is 38.7 Å². The molecule has 0 radical (unpaired) electrons. The van der Waals surface area contributed by atoms with Crippen LogP contribution in [0.5, 0.6) is 0 Å². The number of aromatic nitrogens is 1. The summed E-state index contributed by atoms with van der Waals surface area (Å²) in [7, 11) is 0. The molecule has 1 N–H and O–H groups in total. The van der Waals surface area contributed by atoms with Crippen molar-refractivity contribution in [1.29, 1.82) is 0 Å². The van der Waals surface area contributed by atoms with Crippen LogP contribution in [0.2, 0.25) is 10.0 Å². The monoisotopic (exact) mass is 442 g/mol. The molecule has 29 heavy (non-hydrogen) atoms. The molecule has 4 rings (SSSR count). The van der Waals surface area contributed by atoms with Crippen molar-refractivity contribution in [3.63, 3.8) is 0 Å². The summed E-state index contributed by atoms with van der Waals surface area (Å²) in [5.74, 6) is 0.906. The number of carbonyl (C=O) groups is 1. The number of nitrogens with zero attached hydrogens (tertiary/aromatic N) is 1. The van der Waals surface area contributed by atoms with Gasteiger partial charge in [0.2, 0.25) is 0 Å². The fourth-order valence-electron chi connectivity index (χ4n) is 2.92. The summed E-state index contributed by atoms with van der Waals surface area (Å²) in [6.07, 6.45) is 2.47. The van der Waals surface area contributed by atoms with E-state index in [2.05, 4.69) is 10.3 Å². The average Bonchev–Trinajstić information content (AvgIpc) is 3.29. The van der Waals surface area contributed by atoms with E-state index in [-0.39, 0.29) is 5.91 Å². The van der Waals surface area contributed by atoms with Gasteiger partial charge in [0.1, 0.15) is 11.5 Å². The Kier molecular flexibility index (Phi) is 5.72. The molecule has 4 nitrogen and oxygen atoms in total. The zero-order valence-electron chi connectivity index (χ0n) is 15.4. The third-order valence-corrected chi connectivity index (χ3v) is 5.73. The summed E-state index contributed by atoms with van der Waals surface area (Å²) in [4.78, 5) is 18.1. The normalized spacial score (nSPS) is 10.9. The minimum Gasteiger partial charge on any atom is -0.461 e. The second-order valence-corrected chi connectivity index (χ2v) is 8.47. The summed E-state index contributed by atoms with van der Waals surface area (Å²) < 4.78 is 5.76. The van der Waals surface area contributed by atoms with Crippen LogP contribution in [-0.4, -0.2) is 10.9 Å². The van der Waals surface area contributed by atoms with Gasteiger partial charge in [-0.05, 0) is 55.0 Å². The molecule has 0 fully saturated rings. The fraction of sp³-hybridized carbons (Fsp3) is 0.0909. The Morgan fingerprint density at radius 1 is 1.10 bits per heavy atom. The van der Waals surface area contributed by atoms with Gasteiger partial charge in [-0.15, -0.1) is 11.3 Å². The Morgan fingerprint density at radius 2 is 1.90 bits per heavy atom. The summed E-state index contributed by atoms with van der Waals surface area (Å²) in [5.41, 5.74) is 2.42. The molecule has 0 saturated heterocycles. The number of amides is 1. The highest BCUT2D eigenvalue weighted by atomic mass is 35.5. The first-order valence-corrected chi connectivity index (χ1v) is 10.4. The van der Waals surface area contributed by atoms with Crippen LogP contribution in [0, 0.1) is 6.92 Å². The number of benzene rings is 2. The van der Waals surface area contributed by atoms with E-state index in [1.54, 1.807) is 31.3 Å². The molecule has 1 amide bonds. The van der Waals surface area contributed by atoms with Gasteiger partial charge in [-0.2, -0.15) is 0 Å². The van der Waals surface area contributed by atoms with Gasteiger partial charge in [0.05, 0.1) is 5.56 Å². The number of nitrogens with one attached hydrogen (secondary N) is 1. The highest BCUT2D eigenvalue weighted by Gasteiger charge is 2.17. The highest BCUT2D eigenvalue weighted by molar-refractivity contribution is 7.15. The molecule has 0 aliphatic heterocycles. The molecule has 0 spiro atoms. The second kappa shape index (κ2) is 8.41. The lowest BCUT2D eigenvalue weighted by Gasteiger charge is -2.00. The van der Waals surface area contributed by atoms with E-state index < -0.39 is 0 Å². The lowest BCUT2D eigenvalue weighted by molar-refractivity contribution is 0.102. The number of anilines is 1. The van der Waals surface area contributed by atoms with Crippen molar-refractivity contribution in [2.75, 3.05) is 5.32 Å². The smallest absolute Gasteiger partial charge is 0.261 e. The summed E-state index contributed by atoms with van der Waals surface area (Å²) >= 11 is 13.4. The SMILES string of the molecule is Cc1oc(-c2ccc(Cl)cc2)cc1C(=O)Nc1ncc(Cc2cccc(Cl)c2)s1. The summed E-state index contributed by atoms with van der Waals surface area (Å²) in [5, 5.41) is 4.74. The quantitative estimate of drug-likeness (QED) is 0.367. The number of hydrogen-bond donors (Lipinski definition) is 1. The van der Waals surface area contributed by atoms with E-state index in [1.807, 2.05) is 36.4 Å². The zero-order chi connectivity index (χ0) is 20.4. The molecule has 146 valence electrons. The number of furan rings is 1.